The lowest BCUT2D eigenvalue weighted by molar-refractivity contribution is -0.131. The number of carbonyl (C=O) groups excluding carboxylic acids is 1. The summed E-state index contributed by atoms with van der Waals surface area (Å²) in [6, 6.07) is 15.6. The summed E-state index contributed by atoms with van der Waals surface area (Å²) in [6.07, 6.45) is -0.953. The summed E-state index contributed by atoms with van der Waals surface area (Å²) in [5.74, 6) is -0.401. The number of aromatic nitrogens is 3. The summed E-state index contributed by atoms with van der Waals surface area (Å²) in [4.78, 5) is 31.7. The van der Waals surface area contributed by atoms with Crippen LogP contribution in [-0.2, 0) is 9.53 Å². The lowest BCUT2D eigenvalue weighted by Crippen LogP contribution is -2.56. The molecule has 3 fully saturated rings. The van der Waals surface area contributed by atoms with E-state index < -0.39 is 29.7 Å². The number of piperidine rings is 1. The van der Waals surface area contributed by atoms with Gasteiger partial charge in [0.2, 0.25) is 5.95 Å². The standard InChI is InChI=1S/C32H35ClFN11O3/c33-27(29(37)38)28(36)31(46)45-8-7-26(24(34)15-45)48-25-6-1-19(13-20(25)14-35)30-39-18-40-32(42-30)41-21-2-4-22(5-3-21)43-9-11-44(12-10-43)23-16-47-17-23/h1-6,13,18,23-24,26H,7-12,15-17,36H2,(H3,37,38)(H,39,40,41,42)/b28-27+. The number of rotatable bonds is 9. The predicted molar refractivity (Wildman–Crippen MR) is 178 cm³/mol. The Balaban J connectivity index is 1.06. The molecule has 2 aromatic carbocycles. The maximum absolute atomic E-state index is 15.1. The molecular weight excluding hydrogens is 641 g/mol. The SMILES string of the molecule is N#Cc1cc(-c2ncnc(Nc3ccc(N4CCN(C5COC5)CC4)cc3)n2)ccc1OC1CCN(C(=O)/C(N)=C(\Cl)C(=N)N)CC1F. The molecule has 48 heavy (non-hydrogen) atoms. The number of amides is 1. The molecular formula is C32H35ClFN11O3. The number of halogens is 2. The third-order valence-electron chi connectivity index (χ3n) is 8.62. The van der Waals surface area contributed by atoms with Gasteiger partial charge in [-0.3, -0.25) is 15.1 Å². The number of nitrogens with zero attached hydrogens (tertiary/aromatic N) is 7. The minimum atomic E-state index is -1.57. The molecule has 3 aromatic rings. The number of anilines is 3. The zero-order valence-corrected chi connectivity index (χ0v) is 26.7. The number of amidine groups is 1. The monoisotopic (exact) mass is 675 g/mol. The number of nitrogens with two attached hydrogens (primary N) is 2. The van der Waals surface area contributed by atoms with Crippen LogP contribution in [0.25, 0.3) is 11.4 Å². The van der Waals surface area contributed by atoms with Crippen LogP contribution < -0.4 is 26.4 Å². The summed E-state index contributed by atoms with van der Waals surface area (Å²) >= 11 is 5.82. The van der Waals surface area contributed by atoms with Crippen LogP contribution in [-0.4, -0.2) is 107 Å². The van der Waals surface area contributed by atoms with Crippen molar-refractivity contribution in [3.8, 4) is 23.2 Å². The number of carbonyl (C=O) groups is 1. The van der Waals surface area contributed by atoms with E-state index in [1.165, 1.54) is 11.2 Å². The molecule has 0 saturated carbocycles. The van der Waals surface area contributed by atoms with Crippen LogP contribution in [0.5, 0.6) is 5.75 Å². The average Bonchev–Trinajstić information content (AvgIpc) is 3.08. The van der Waals surface area contributed by atoms with Crippen molar-refractivity contribution < 1.29 is 18.7 Å². The highest BCUT2D eigenvalue weighted by molar-refractivity contribution is 6.44. The van der Waals surface area contributed by atoms with Crippen molar-refractivity contribution in [3.05, 3.63) is 65.1 Å². The fourth-order valence-corrected chi connectivity index (χ4v) is 5.87. The molecule has 0 bridgehead atoms. The van der Waals surface area contributed by atoms with Crippen LogP contribution in [0.1, 0.15) is 12.0 Å². The van der Waals surface area contributed by atoms with Crippen LogP contribution >= 0.6 is 11.6 Å². The van der Waals surface area contributed by atoms with Crippen LogP contribution in [0, 0.1) is 16.7 Å². The lowest BCUT2D eigenvalue weighted by atomic mass is 10.0. The van der Waals surface area contributed by atoms with Gasteiger partial charge in [0.1, 0.15) is 40.8 Å². The molecule has 6 rings (SSSR count). The third kappa shape index (κ3) is 7.25. The second kappa shape index (κ2) is 14.4. The van der Waals surface area contributed by atoms with E-state index in [1.807, 2.05) is 12.1 Å². The Kier molecular flexibility index (Phi) is 9.85. The van der Waals surface area contributed by atoms with Crippen molar-refractivity contribution >= 4 is 40.7 Å². The Morgan fingerprint density at radius 2 is 1.85 bits per heavy atom. The maximum Gasteiger partial charge on any atom is 0.271 e. The number of piperazine rings is 1. The van der Waals surface area contributed by atoms with E-state index in [1.54, 1.807) is 18.2 Å². The predicted octanol–water partition coefficient (Wildman–Crippen LogP) is 2.34. The number of nitriles is 1. The van der Waals surface area contributed by atoms with Crippen molar-refractivity contribution in [2.75, 3.05) is 62.7 Å². The summed E-state index contributed by atoms with van der Waals surface area (Å²) in [6.45, 7) is 5.48. The van der Waals surface area contributed by atoms with Crippen molar-refractivity contribution in [1.82, 2.24) is 24.8 Å². The molecule has 16 heteroatoms. The van der Waals surface area contributed by atoms with Gasteiger partial charge in [-0.1, -0.05) is 11.6 Å². The quantitative estimate of drug-likeness (QED) is 0.147. The number of benzene rings is 2. The molecule has 4 heterocycles. The Labute approximate surface area is 281 Å². The number of hydrogen-bond donors (Lipinski definition) is 4. The van der Waals surface area contributed by atoms with Gasteiger partial charge in [-0.15, -0.1) is 0 Å². The zero-order chi connectivity index (χ0) is 33.8. The summed E-state index contributed by atoms with van der Waals surface area (Å²) in [5.41, 5.74) is 13.3. The van der Waals surface area contributed by atoms with Gasteiger partial charge in [0.15, 0.2) is 12.0 Å². The van der Waals surface area contributed by atoms with Crippen molar-refractivity contribution in [2.45, 2.75) is 24.7 Å². The van der Waals surface area contributed by atoms with Crippen LogP contribution in [0.4, 0.5) is 21.7 Å². The molecule has 1 amide bonds. The van der Waals surface area contributed by atoms with E-state index in [0.29, 0.717) is 23.4 Å². The minimum absolute atomic E-state index is 0.129. The lowest BCUT2D eigenvalue weighted by Gasteiger charge is -2.43. The second-order valence-corrected chi connectivity index (χ2v) is 12.1. The minimum Gasteiger partial charge on any atom is -0.486 e. The molecule has 14 nitrogen and oxygen atoms in total. The molecule has 0 spiro atoms. The van der Waals surface area contributed by atoms with Gasteiger partial charge in [0.05, 0.1) is 31.4 Å². The molecule has 0 radical (unpaired) electrons. The van der Waals surface area contributed by atoms with Crippen molar-refractivity contribution in [1.29, 1.82) is 10.7 Å². The fraction of sp³-hybridized carbons (Fsp3) is 0.375. The Hall–Kier alpha value is -5.04. The first kappa shape index (κ1) is 32.9. The Morgan fingerprint density at radius 1 is 1.10 bits per heavy atom. The van der Waals surface area contributed by atoms with Gasteiger partial charge >= 0.3 is 0 Å². The third-order valence-corrected chi connectivity index (χ3v) is 9.03. The van der Waals surface area contributed by atoms with E-state index in [9.17, 15) is 10.1 Å². The van der Waals surface area contributed by atoms with Crippen molar-refractivity contribution in [2.24, 2.45) is 11.5 Å². The van der Waals surface area contributed by atoms with Gasteiger partial charge in [-0.2, -0.15) is 10.2 Å². The van der Waals surface area contributed by atoms with Crippen LogP contribution in [0.3, 0.4) is 0 Å². The number of alkyl halides is 1. The summed E-state index contributed by atoms with van der Waals surface area (Å²) < 4.78 is 26.4. The fourth-order valence-electron chi connectivity index (χ4n) is 5.79. The van der Waals surface area contributed by atoms with E-state index >= 15 is 4.39 Å². The largest absolute Gasteiger partial charge is 0.486 e. The van der Waals surface area contributed by atoms with Crippen LogP contribution in [0.15, 0.2) is 59.5 Å². The number of likely N-dealkylation sites (tertiary alicyclic amines) is 1. The Bertz CT molecular complexity index is 1740. The molecule has 6 N–H and O–H groups in total. The second-order valence-electron chi connectivity index (χ2n) is 11.7. The molecule has 250 valence electrons. The van der Waals surface area contributed by atoms with Gasteiger partial charge in [-0.05, 0) is 42.5 Å². The van der Waals surface area contributed by atoms with Crippen LogP contribution in [0.2, 0.25) is 0 Å². The zero-order valence-electron chi connectivity index (χ0n) is 26.0. The normalized spacial score (nSPS) is 20.7. The first-order chi connectivity index (χ1) is 23.2. The maximum atomic E-state index is 15.1. The topological polar surface area (TPSA) is 196 Å². The van der Waals surface area contributed by atoms with Gasteiger partial charge in [0, 0.05) is 56.1 Å². The first-order valence-electron chi connectivity index (χ1n) is 15.5. The van der Waals surface area contributed by atoms with Gasteiger partial charge in [0.25, 0.3) is 5.91 Å². The molecule has 2 unspecified atom stereocenters. The molecule has 1 aromatic heterocycles. The van der Waals surface area contributed by atoms with Crippen molar-refractivity contribution in [3.63, 3.8) is 0 Å². The van der Waals surface area contributed by atoms with Gasteiger partial charge in [-0.25, -0.2) is 14.4 Å². The van der Waals surface area contributed by atoms with E-state index in [-0.39, 0.29) is 35.9 Å². The molecule has 3 saturated heterocycles. The highest BCUT2D eigenvalue weighted by atomic mass is 35.5. The summed E-state index contributed by atoms with van der Waals surface area (Å²) in [5, 5.41) is 20.0. The highest BCUT2D eigenvalue weighted by Gasteiger charge is 2.35. The average molecular weight is 676 g/mol. The first-order valence-corrected chi connectivity index (χ1v) is 15.8. The molecule has 2 atom stereocenters. The number of nitrogens with one attached hydrogen (secondary N) is 2. The Morgan fingerprint density at radius 3 is 2.50 bits per heavy atom. The van der Waals surface area contributed by atoms with E-state index in [0.717, 1.165) is 50.8 Å². The highest BCUT2D eigenvalue weighted by Crippen LogP contribution is 2.29. The number of hydrogen-bond acceptors (Lipinski definition) is 12. The smallest absolute Gasteiger partial charge is 0.271 e. The van der Waals surface area contributed by atoms with Gasteiger partial charge < -0.3 is 36.1 Å². The van der Waals surface area contributed by atoms with E-state index in [2.05, 4.69) is 48.3 Å². The van der Waals surface area contributed by atoms with E-state index in [4.69, 9.17) is 38.0 Å². The number of ether oxygens (including phenoxy) is 2. The summed E-state index contributed by atoms with van der Waals surface area (Å²) in [7, 11) is 0. The molecule has 0 aliphatic carbocycles. The molecule has 3 aliphatic heterocycles. The molecule has 3 aliphatic rings.